The number of thiol groups is 1. The fourth-order valence-corrected chi connectivity index (χ4v) is 1.28. The fraction of sp³-hybridized carbons (Fsp3) is 0.400. The van der Waals surface area contributed by atoms with Crippen LogP contribution in [-0.2, 0) is 4.74 Å². The van der Waals surface area contributed by atoms with Gasteiger partial charge in [0.05, 0.1) is 18.1 Å². The van der Waals surface area contributed by atoms with Crippen LogP contribution in [0.15, 0.2) is 18.2 Å². The van der Waals surface area contributed by atoms with Crippen LogP contribution in [0.3, 0.4) is 0 Å². The van der Waals surface area contributed by atoms with Gasteiger partial charge in [-0.15, -0.1) is 0 Å². The first-order valence-corrected chi connectivity index (χ1v) is 5.54. The molecule has 7 heteroatoms. The molecule has 0 aliphatic rings. The number of rotatable bonds is 7. The zero-order chi connectivity index (χ0) is 12.7. The molecule has 0 bridgehead atoms. The van der Waals surface area contributed by atoms with Crippen molar-refractivity contribution in [1.29, 1.82) is 0 Å². The van der Waals surface area contributed by atoms with Crippen LogP contribution in [0, 0.1) is 15.9 Å². The number of hydrogen-bond donors (Lipinski definition) is 1. The van der Waals surface area contributed by atoms with Crippen LogP contribution in [0.2, 0.25) is 0 Å². The van der Waals surface area contributed by atoms with E-state index in [-0.39, 0.29) is 24.7 Å². The summed E-state index contributed by atoms with van der Waals surface area (Å²) in [6, 6.07) is 3.56. The molecule has 5 nitrogen and oxygen atoms in total. The quantitative estimate of drug-likeness (QED) is 0.353. The van der Waals surface area contributed by atoms with Crippen molar-refractivity contribution >= 4 is 18.3 Å². The van der Waals surface area contributed by atoms with Crippen LogP contribution in [-0.4, -0.2) is 30.5 Å². The summed E-state index contributed by atoms with van der Waals surface area (Å²) in [5.41, 5.74) is -0.390. The highest BCUT2D eigenvalue weighted by atomic mass is 32.1. The van der Waals surface area contributed by atoms with E-state index in [1.807, 2.05) is 0 Å². The van der Waals surface area contributed by atoms with Gasteiger partial charge in [0.15, 0.2) is 5.82 Å². The first-order chi connectivity index (χ1) is 8.16. The van der Waals surface area contributed by atoms with Gasteiger partial charge in [0.25, 0.3) is 0 Å². The smallest absolute Gasteiger partial charge is 0.314 e. The molecule has 0 fully saturated rings. The Bertz CT molecular complexity index is 389. The van der Waals surface area contributed by atoms with Crippen molar-refractivity contribution in [3.05, 3.63) is 34.1 Å². The van der Waals surface area contributed by atoms with Crippen LogP contribution in [0.5, 0.6) is 5.75 Å². The van der Waals surface area contributed by atoms with Crippen molar-refractivity contribution < 1.29 is 18.8 Å². The van der Waals surface area contributed by atoms with Crippen molar-refractivity contribution in [2.45, 2.75) is 0 Å². The molecule has 0 atom stereocenters. The first kappa shape index (κ1) is 13.7. The van der Waals surface area contributed by atoms with E-state index in [2.05, 4.69) is 12.6 Å². The molecule has 0 N–H and O–H groups in total. The first-order valence-electron chi connectivity index (χ1n) is 4.91. The maximum Gasteiger partial charge on any atom is 0.314 e. The van der Waals surface area contributed by atoms with E-state index in [9.17, 15) is 14.5 Å². The van der Waals surface area contributed by atoms with Crippen LogP contribution in [0.25, 0.3) is 0 Å². The van der Waals surface area contributed by atoms with Gasteiger partial charge in [-0.1, -0.05) is 6.07 Å². The number of benzene rings is 1. The van der Waals surface area contributed by atoms with Crippen LogP contribution >= 0.6 is 12.6 Å². The number of para-hydroxylation sites is 1. The van der Waals surface area contributed by atoms with E-state index in [0.717, 1.165) is 6.07 Å². The minimum Gasteiger partial charge on any atom is -0.482 e. The minimum atomic E-state index is -0.756. The molecular formula is C10H12FNO4S. The average molecular weight is 261 g/mol. The number of hydrogen-bond acceptors (Lipinski definition) is 5. The Morgan fingerprint density at radius 1 is 1.35 bits per heavy atom. The summed E-state index contributed by atoms with van der Waals surface area (Å²) in [6.45, 7) is 0.730. The van der Waals surface area contributed by atoms with Crippen LogP contribution in [0.4, 0.5) is 10.1 Å². The third-order valence-electron chi connectivity index (χ3n) is 1.85. The Morgan fingerprint density at radius 3 is 2.76 bits per heavy atom. The highest BCUT2D eigenvalue weighted by Gasteiger charge is 2.18. The molecule has 0 saturated heterocycles. The zero-order valence-corrected chi connectivity index (χ0v) is 9.86. The Labute approximate surface area is 103 Å². The van der Waals surface area contributed by atoms with E-state index >= 15 is 0 Å². The van der Waals surface area contributed by atoms with Gasteiger partial charge in [-0.2, -0.15) is 12.6 Å². The van der Waals surface area contributed by atoms with Gasteiger partial charge in [0.1, 0.15) is 6.61 Å². The van der Waals surface area contributed by atoms with E-state index < -0.39 is 10.7 Å². The normalized spacial score (nSPS) is 10.2. The average Bonchev–Trinajstić information content (AvgIpc) is 2.30. The van der Waals surface area contributed by atoms with Gasteiger partial charge in [-0.3, -0.25) is 10.1 Å². The maximum absolute atomic E-state index is 13.3. The van der Waals surface area contributed by atoms with Gasteiger partial charge in [0.2, 0.25) is 5.75 Å². The summed E-state index contributed by atoms with van der Waals surface area (Å²) in [7, 11) is 0. The monoisotopic (exact) mass is 261 g/mol. The molecule has 0 heterocycles. The summed E-state index contributed by atoms with van der Waals surface area (Å²) in [5.74, 6) is -0.541. The number of nitro groups is 1. The summed E-state index contributed by atoms with van der Waals surface area (Å²) < 4.78 is 23.4. The molecule has 1 aromatic rings. The molecule has 0 aliphatic heterocycles. The molecule has 0 saturated carbocycles. The van der Waals surface area contributed by atoms with Gasteiger partial charge < -0.3 is 9.47 Å². The summed E-state index contributed by atoms with van der Waals surface area (Å²) in [6.07, 6.45) is 0. The lowest BCUT2D eigenvalue weighted by Crippen LogP contribution is -2.10. The predicted molar refractivity (Wildman–Crippen MR) is 63.2 cm³/mol. The van der Waals surface area contributed by atoms with Gasteiger partial charge in [-0.25, -0.2) is 4.39 Å². The maximum atomic E-state index is 13.3. The summed E-state index contributed by atoms with van der Waals surface area (Å²) in [5, 5.41) is 10.6. The predicted octanol–water partition coefficient (Wildman–Crippen LogP) is 2.06. The Morgan fingerprint density at radius 2 is 2.12 bits per heavy atom. The Hall–Kier alpha value is -1.34. The van der Waals surface area contributed by atoms with Crippen LogP contribution in [0.1, 0.15) is 0 Å². The number of nitrogens with zero attached hydrogens (tertiary/aromatic N) is 1. The van der Waals surface area contributed by atoms with Gasteiger partial charge >= 0.3 is 5.69 Å². The second-order valence-corrected chi connectivity index (χ2v) is 3.48. The van der Waals surface area contributed by atoms with Crippen molar-refractivity contribution in [3.63, 3.8) is 0 Å². The summed E-state index contributed by atoms with van der Waals surface area (Å²) in [4.78, 5) is 9.94. The highest BCUT2D eigenvalue weighted by molar-refractivity contribution is 7.80. The third kappa shape index (κ3) is 4.20. The molecule has 0 unspecified atom stereocenters. The summed E-state index contributed by atoms with van der Waals surface area (Å²) >= 11 is 3.94. The van der Waals surface area contributed by atoms with E-state index in [1.54, 1.807) is 0 Å². The fourth-order valence-electron chi connectivity index (χ4n) is 1.15. The second kappa shape index (κ2) is 7.08. The Balaban J connectivity index is 2.60. The number of nitro benzene ring substituents is 1. The molecule has 94 valence electrons. The lowest BCUT2D eigenvalue weighted by atomic mass is 10.3. The molecule has 0 spiro atoms. The topological polar surface area (TPSA) is 61.6 Å². The minimum absolute atomic E-state index is 0.0511. The van der Waals surface area contributed by atoms with Crippen LogP contribution < -0.4 is 4.74 Å². The van der Waals surface area contributed by atoms with E-state index in [4.69, 9.17) is 9.47 Å². The van der Waals surface area contributed by atoms with Gasteiger partial charge in [0, 0.05) is 11.8 Å². The molecule has 0 aliphatic carbocycles. The number of halogens is 1. The lowest BCUT2D eigenvalue weighted by Gasteiger charge is -2.07. The highest BCUT2D eigenvalue weighted by Crippen LogP contribution is 2.29. The van der Waals surface area contributed by atoms with Crippen molar-refractivity contribution in [1.82, 2.24) is 0 Å². The standard InChI is InChI=1S/C10H12FNO4S/c11-8-2-1-3-9(12(13)14)10(8)16-5-4-15-6-7-17/h1-3,17H,4-7H2. The molecule has 17 heavy (non-hydrogen) atoms. The SMILES string of the molecule is O=[N+]([O-])c1cccc(F)c1OCCOCCS. The Kier molecular flexibility index (Phi) is 5.71. The molecule has 1 rings (SSSR count). The van der Waals surface area contributed by atoms with Crippen molar-refractivity contribution in [3.8, 4) is 5.75 Å². The molecule has 0 amide bonds. The van der Waals surface area contributed by atoms with E-state index in [1.165, 1.54) is 12.1 Å². The largest absolute Gasteiger partial charge is 0.482 e. The molecule has 0 radical (unpaired) electrons. The van der Waals surface area contributed by atoms with Gasteiger partial charge in [-0.05, 0) is 6.07 Å². The van der Waals surface area contributed by atoms with Crippen molar-refractivity contribution in [2.75, 3.05) is 25.6 Å². The van der Waals surface area contributed by atoms with Crippen molar-refractivity contribution in [2.24, 2.45) is 0 Å². The second-order valence-electron chi connectivity index (χ2n) is 3.03. The third-order valence-corrected chi connectivity index (χ3v) is 2.04. The molecule has 1 aromatic carbocycles. The lowest BCUT2D eigenvalue weighted by molar-refractivity contribution is -0.386. The molecule has 0 aromatic heterocycles. The molecular weight excluding hydrogens is 249 g/mol. The van der Waals surface area contributed by atoms with E-state index in [0.29, 0.717) is 12.4 Å². The zero-order valence-electron chi connectivity index (χ0n) is 8.97. The number of ether oxygens (including phenoxy) is 2.